The largest absolute Gasteiger partial charge is 0.504 e. The van der Waals surface area contributed by atoms with Crippen LogP contribution in [0.3, 0.4) is 0 Å². The van der Waals surface area contributed by atoms with E-state index in [1.54, 1.807) is 24.3 Å². The Kier molecular flexibility index (Phi) is 8.89. The number of guanidine groups is 1. The van der Waals surface area contributed by atoms with Gasteiger partial charge in [0.25, 0.3) is 0 Å². The quantitative estimate of drug-likeness (QED) is 0.150. The molecule has 0 bridgehead atoms. The van der Waals surface area contributed by atoms with Crippen molar-refractivity contribution in [2.75, 3.05) is 32.1 Å². The van der Waals surface area contributed by atoms with Crippen LogP contribution in [0.1, 0.15) is 30.6 Å². The third-order valence-corrected chi connectivity index (χ3v) is 6.43. The van der Waals surface area contributed by atoms with Gasteiger partial charge in [-0.3, -0.25) is 14.9 Å². The van der Waals surface area contributed by atoms with Crippen LogP contribution < -0.4 is 20.7 Å². The molecule has 2 aromatic carbocycles. The molecule has 1 fully saturated rings. The fourth-order valence-electron chi connectivity index (χ4n) is 4.51. The Morgan fingerprint density at radius 3 is 2.90 bits per heavy atom. The number of hydrogen-bond acceptors (Lipinski definition) is 7. The van der Waals surface area contributed by atoms with Crippen LogP contribution in [0, 0.1) is 18.4 Å². The van der Waals surface area contributed by atoms with Crippen molar-refractivity contribution in [2.45, 2.75) is 38.6 Å². The van der Waals surface area contributed by atoms with Gasteiger partial charge in [-0.15, -0.1) is 0 Å². The number of furan rings is 1. The highest BCUT2D eigenvalue weighted by Crippen LogP contribution is 2.26. The number of nitrogens with zero attached hydrogens (tertiary/aromatic N) is 3. The monoisotopic (exact) mass is 532 g/mol. The number of nitrogens with one attached hydrogen (secondary N) is 3. The lowest BCUT2D eigenvalue weighted by Crippen LogP contribution is -2.44. The molecule has 39 heavy (non-hydrogen) atoms. The molecule has 0 radical (unpaired) electrons. The number of phenols is 1. The Hall–Kier alpha value is -4.72. The average molecular weight is 533 g/mol. The zero-order valence-corrected chi connectivity index (χ0v) is 22.0. The molecule has 4 N–H and O–H groups in total. The Morgan fingerprint density at radius 1 is 1.26 bits per heavy atom. The van der Waals surface area contributed by atoms with Crippen LogP contribution in [0.15, 0.2) is 51.9 Å². The predicted molar refractivity (Wildman–Crippen MR) is 146 cm³/mol. The smallest absolute Gasteiger partial charge is 0.247 e. The molecule has 0 saturated carbocycles. The van der Waals surface area contributed by atoms with E-state index in [9.17, 15) is 20.0 Å². The van der Waals surface area contributed by atoms with Crippen LogP contribution in [0.4, 0.5) is 5.69 Å². The molecule has 2 amide bonds. The molecule has 1 saturated heterocycles. The molecule has 4 rings (SSSR count). The third-order valence-electron chi connectivity index (χ3n) is 6.43. The van der Waals surface area contributed by atoms with Crippen LogP contribution in [0.2, 0.25) is 0 Å². The molecule has 1 atom stereocenters. The number of fused-ring (bicyclic) bond motifs is 1. The summed E-state index contributed by atoms with van der Waals surface area (Å²) < 4.78 is 10.7. The molecule has 2 heterocycles. The summed E-state index contributed by atoms with van der Waals surface area (Å²) in [4.78, 5) is 32.0. The predicted octanol–water partition coefficient (Wildman–Crippen LogP) is 3.03. The highest BCUT2D eigenvalue weighted by Gasteiger charge is 2.28. The number of aliphatic imine (C=N–C) groups is 1. The van der Waals surface area contributed by atoms with Gasteiger partial charge < -0.3 is 29.8 Å². The second-order valence-electron chi connectivity index (χ2n) is 9.33. The summed E-state index contributed by atoms with van der Waals surface area (Å²) in [6.07, 6.45) is 4.44. The minimum Gasteiger partial charge on any atom is -0.504 e. The van der Waals surface area contributed by atoms with E-state index in [0.717, 1.165) is 35.1 Å². The lowest BCUT2D eigenvalue weighted by Gasteiger charge is -2.22. The number of ether oxygens (including phenoxy) is 1. The molecule has 1 aliphatic rings. The Morgan fingerprint density at radius 2 is 2.10 bits per heavy atom. The van der Waals surface area contributed by atoms with E-state index in [-0.39, 0.29) is 30.1 Å². The number of methoxy groups -OCH3 is 1. The van der Waals surface area contributed by atoms with E-state index < -0.39 is 6.04 Å². The van der Waals surface area contributed by atoms with Crippen molar-refractivity contribution in [1.29, 1.82) is 5.26 Å². The van der Waals surface area contributed by atoms with Crippen LogP contribution >= 0.6 is 0 Å². The minimum absolute atomic E-state index is 0.0552. The van der Waals surface area contributed by atoms with Crippen molar-refractivity contribution in [3.63, 3.8) is 0 Å². The van der Waals surface area contributed by atoms with E-state index in [0.29, 0.717) is 37.4 Å². The molecule has 1 aromatic heterocycles. The van der Waals surface area contributed by atoms with E-state index >= 15 is 0 Å². The summed E-state index contributed by atoms with van der Waals surface area (Å²) in [5.41, 5.74) is 2.34. The number of amides is 2. The van der Waals surface area contributed by atoms with Crippen LogP contribution in [0.25, 0.3) is 11.0 Å². The lowest BCUT2D eigenvalue weighted by molar-refractivity contribution is -0.136. The van der Waals surface area contributed by atoms with Gasteiger partial charge in [0, 0.05) is 24.2 Å². The number of aromatic hydroxyl groups is 1. The van der Waals surface area contributed by atoms with Gasteiger partial charge in [0.2, 0.25) is 17.8 Å². The van der Waals surface area contributed by atoms with Gasteiger partial charge in [0.1, 0.15) is 17.4 Å². The van der Waals surface area contributed by atoms with Gasteiger partial charge in [0.05, 0.1) is 13.7 Å². The second kappa shape index (κ2) is 12.7. The van der Waals surface area contributed by atoms with Crippen molar-refractivity contribution in [3.8, 4) is 17.7 Å². The van der Waals surface area contributed by atoms with Crippen molar-refractivity contribution in [1.82, 2.24) is 15.5 Å². The number of phenolic OH excluding ortho intramolecular Hbond substituents is 1. The number of carbonyl (C=O) groups is 2. The SMILES string of the molecule is COc1cc(CCNC(=O)CN2CCCCC(N=C(NC#N)Nc3ccc4oc(C)cc4c3)C2=O)ccc1O. The summed E-state index contributed by atoms with van der Waals surface area (Å²) in [5, 5.41) is 28.3. The van der Waals surface area contributed by atoms with Crippen molar-refractivity contribution in [3.05, 3.63) is 53.8 Å². The third kappa shape index (κ3) is 7.19. The molecule has 3 aromatic rings. The van der Waals surface area contributed by atoms with E-state index in [1.807, 2.05) is 31.3 Å². The molecular weight excluding hydrogens is 500 g/mol. The van der Waals surface area contributed by atoms with Crippen LogP contribution in [0.5, 0.6) is 11.5 Å². The lowest BCUT2D eigenvalue weighted by atomic mass is 10.1. The van der Waals surface area contributed by atoms with E-state index in [4.69, 9.17) is 9.15 Å². The molecule has 0 spiro atoms. The summed E-state index contributed by atoms with van der Waals surface area (Å²) in [6.45, 7) is 2.62. The molecule has 11 nitrogen and oxygen atoms in total. The Bertz CT molecular complexity index is 1410. The number of anilines is 1. The zero-order valence-electron chi connectivity index (χ0n) is 22.0. The number of benzene rings is 2. The fourth-order valence-corrected chi connectivity index (χ4v) is 4.51. The maximum atomic E-state index is 13.3. The Labute approximate surface area is 226 Å². The number of aryl methyl sites for hydroxylation is 1. The van der Waals surface area contributed by atoms with Gasteiger partial charge in [0.15, 0.2) is 17.7 Å². The first-order chi connectivity index (χ1) is 18.9. The number of hydrogen-bond donors (Lipinski definition) is 4. The minimum atomic E-state index is -0.729. The first kappa shape index (κ1) is 27.3. The van der Waals surface area contributed by atoms with E-state index in [2.05, 4.69) is 20.9 Å². The molecule has 204 valence electrons. The van der Waals surface area contributed by atoms with Gasteiger partial charge in [-0.2, -0.15) is 5.26 Å². The van der Waals surface area contributed by atoms with Gasteiger partial charge >= 0.3 is 0 Å². The molecular formula is C28H32N6O5. The molecule has 1 unspecified atom stereocenters. The summed E-state index contributed by atoms with van der Waals surface area (Å²) >= 11 is 0. The van der Waals surface area contributed by atoms with Crippen molar-refractivity contribution < 1.29 is 23.8 Å². The maximum absolute atomic E-state index is 13.3. The first-order valence-electron chi connectivity index (χ1n) is 12.8. The standard InChI is InChI=1S/C28H32N6O5/c1-18-13-20-15-21(7-9-24(20)39-18)32-28(31-17-29)33-22-5-3-4-12-34(27(22)37)16-26(36)30-11-10-19-6-8-23(35)25(14-19)38-2/h6-9,13-15,22,35H,3-5,10-12,16H2,1-2H3,(H,30,36)(H2,31,32,33). The zero-order chi connectivity index (χ0) is 27.8. The highest BCUT2D eigenvalue weighted by molar-refractivity contribution is 5.98. The van der Waals surface area contributed by atoms with Crippen LogP contribution in [-0.4, -0.2) is 60.6 Å². The average Bonchev–Trinajstić information content (AvgIpc) is 3.20. The summed E-state index contributed by atoms with van der Waals surface area (Å²) in [7, 11) is 1.48. The normalized spacial score (nSPS) is 15.9. The van der Waals surface area contributed by atoms with Crippen LogP contribution in [-0.2, 0) is 16.0 Å². The maximum Gasteiger partial charge on any atom is 0.247 e. The fraction of sp³-hybridized carbons (Fsp3) is 0.357. The molecule has 11 heteroatoms. The molecule has 1 aliphatic heterocycles. The highest BCUT2D eigenvalue weighted by atomic mass is 16.5. The number of likely N-dealkylation sites (tertiary alicyclic amines) is 1. The van der Waals surface area contributed by atoms with Crippen molar-refractivity contribution in [2.24, 2.45) is 4.99 Å². The number of carbonyl (C=O) groups excluding carboxylic acids is 2. The molecule has 0 aliphatic carbocycles. The van der Waals surface area contributed by atoms with E-state index in [1.165, 1.54) is 12.0 Å². The number of nitriles is 1. The Balaban J connectivity index is 1.37. The first-order valence-corrected chi connectivity index (χ1v) is 12.8. The van der Waals surface area contributed by atoms with Gasteiger partial charge in [-0.05, 0) is 74.6 Å². The van der Waals surface area contributed by atoms with Crippen molar-refractivity contribution >= 4 is 34.4 Å². The second-order valence-corrected chi connectivity index (χ2v) is 9.33. The van der Waals surface area contributed by atoms with Gasteiger partial charge in [-0.25, -0.2) is 4.99 Å². The topological polar surface area (TPSA) is 152 Å². The summed E-state index contributed by atoms with van der Waals surface area (Å²) in [6, 6.07) is 11.7. The number of rotatable bonds is 8. The van der Waals surface area contributed by atoms with Gasteiger partial charge in [-0.1, -0.05) is 6.07 Å². The summed E-state index contributed by atoms with van der Waals surface area (Å²) in [5.74, 6) is 0.852.